The zero-order chi connectivity index (χ0) is 19.2. The predicted molar refractivity (Wildman–Crippen MR) is 99.8 cm³/mol. The Balaban J connectivity index is 1.83. The van der Waals surface area contributed by atoms with Gasteiger partial charge >= 0.3 is 5.97 Å². The average molecular weight is 385 g/mol. The Morgan fingerprint density at radius 2 is 2.00 bits per heavy atom. The van der Waals surface area contributed by atoms with Crippen molar-refractivity contribution >= 4 is 23.8 Å². The molecule has 0 aliphatic heterocycles. The van der Waals surface area contributed by atoms with Crippen LogP contribution in [0.2, 0.25) is 0 Å². The van der Waals surface area contributed by atoms with Gasteiger partial charge in [-0.05, 0) is 36.9 Å². The first-order chi connectivity index (χ1) is 13.0. The van der Waals surface area contributed by atoms with Gasteiger partial charge in [-0.1, -0.05) is 36.4 Å². The van der Waals surface area contributed by atoms with Crippen LogP contribution in [0.25, 0.3) is 6.08 Å². The molecule has 0 saturated carbocycles. The number of nitrogens with zero attached hydrogens (tertiary/aromatic N) is 2. The molecule has 27 heavy (non-hydrogen) atoms. The number of hydrogen-bond donors (Lipinski definition) is 2. The number of aryl methyl sites for hydroxylation is 1. The second-order valence-electron chi connectivity index (χ2n) is 5.54. The van der Waals surface area contributed by atoms with Crippen LogP contribution in [-0.2, 0) is 11.4 Å². The van der Waals surface area contributed by atoms with Crippen LogP contribution in [0.15, 0.2) is 58.6 Å². The zero-order valence-corrected chi connectivity index (χ0v) is 15.2. The third-order valence-electron chi connectivity index (χ3n) is 3.54. The lowest BCUT2D eigenvalue weighted by atomic mass is 10.2. The molecule has 0 amide bonds. The van der Waals surface area contributed by atoms with Crippen molar-refractivity contribution in [2.24, 2.45) is 0 Å². The highest BCUT2D eigenvalue weighted by Gasteiger charge is 2.14. The van der Waals surface area contributed by atoms with E-state index in [0.29, 0.717) is 27.9 Å². The summed E-state index contributed by atoms with van der Waals surface area (Å²) in [6, 6.07) is 13.3. The van der Waals surface area contributed by atoms with Crippen molar-refractivity contribution in [1.29, 1.82) is 0 Å². The first-order valence-corrected chi connectivity index (χ1v) is 8.81. The van der Waals surface area contributed by atoms with E-state index in [-0.39, 0.29) is 17.3 Å². The molecule has 0 aliphatic rings. The first-order valence-electron chi connectivity index (χ1n) is 8.00. The Hall–Kier alpha value is -3.13. The van der Waals surface area contributed by atoms with Crippen LogP contribution in [-0.4, -0.2) is 26.3 Å². The van der Waals surface area contributed by atoms with Crippen LogP contribution in [0.1, 0.15) is 17.0 Å². The minimum atomic E-state index is -1.11. The molecular weight excluding hydrogens is 369 g/mol. The molecular formula is C19H16FN3O3S. The Bertz CT molecular complexity index is 988. The number of carboxylic acids is 1. The van der Waals surface area contributed by atoms with Gasteiger partial charge in [0.15, 0.2) is 0 Å². The van der Waals surface area contributed by atoms with Crippen molar-refractivity contribution in [1.82, 2.24) is 15.2 Å². The molecule has 0 bridgehead atoms. The van der Waals surface area contributed by atoms with Gasteiger partial charge in [0.2, 0.25) is 5.16 Å². The summed E-state index contributed by atoms with van der Waals surface area (Å²) < 4.78 is 19.5. The quantitative estimate of drug-likeness (QED) is 0.471. The maximum atomic E-state index is 13.8. The molecule has 0 saturated heterocycles. The minimum absolute atomic E-state index is 0.0349. The Kier molecular flexibility index (Phi) is 5.87. The monoisotopic (exact) mass is 385 g/mol. The molecule has 6 nitrogen and oxygen atoms in total. The second kappa shape index (κ2) is 8.50. The molecule has 2 aromatic carbocycles. The number of thioether (sulfide) groups is 1. The van der Waals surface area contributed by atoms with Gasteiger partial charge in [-0.3, -0.25) is 5.10 Å². The van der Waals surface area contributed by atoms with E-state index < -0.39 is 5.97 Å². The van der Waals surface area contributed by atoms with Crippen molar-refractivity contribution in [2.45, 2.75) is 18.7 Å². The smallest absolute Gasteiger partial charge is 0.342 e. The molecule has 0 radical (unpaired) electrons. The summed E-state index contributed by atoms with van der Waals surface area (Å²) in [5.41, 5.74) is 0.978. The topological polar surface area (TPSA) is 88.1 Å². The van der Waals surface area contributed by atoms with Crippen LogP contribution >= 0.6 is 11.8 Å². The molecule has 0 aliphatic carbocycles. The number of H-pyrrole nitrogens is 1. The summed E-state index contributed by atoms with van der Waals surface area (Å²) >= 11 is 0.931. The number of nitrogens with one attached hydrogen (secondary N) is 1. The lowest BCUT2D eigenvalue weighted by Crippen LogP contribution is -2.01. The molecule has 3 rings (SSSR count). The molecule has 0 unspecified atom stereocenters. The number of aliphatic carboxylic acids is 1. The molecule has 8 heteroatoms. The fraction of sp³-hybridized carbons (Fsp3) is 0.105. The maximum absolute atomic E-state index is 13.8. The first kappa shape index (κ1) is 18.7. The van der Waals surface area contributed by atoms with E-state index in [2.05, 4.69) is 15.2 Å². The maximum Gasteiger partial charge on any atom is 0.342 e. The number of carboxylic acid groups (broad SMARTS) is 1. The van der Waals surface area contributed by atoms with Gasteiger partial charge in [-0.2, -0.15) is 0 Å². The number of ether oxygens (including phenoxy) is 1. The normalized spacial score (nSPS) is 11.4. The van der Waals surface area contributed by atoms with Gasteiger partial charge in [0, 0.05) is 11.1 Å². The molecule has 138 valence electrons. The van der Waals surface area contributed by atoms with Crippen molar-refractivity contribution < 1.29 is 19.0 Å². The Labute approximate surface area is 159 Å². The lowest BCUT2D eigenvalue weighted by Gasteiger charge is -2.10. The number of aromatic amines is 1. The predicted octanol–water partition coefficient (Wildman–Crippen LogP) is 4.05. The van der Waals surface area contributed by atoms with E-state index in [4.69, 9.17) is 4.74 Å². The summed E-state index contributed by atoms with van der Waals surface area (Å²) in [5.74, 6) is -0.416. The summed E-state index contributed by atoms with van der Waals surface area (Å²) in [6.07, 6.45) is 1.48. The standard InChI is InChI=1S/C19H16FN3O3S/c1-12-21-19(23-22-12)27-17(18(24)25)10-13-6-3-5-9-16(13)26-11-14-7-2-4-8-15(14)20/h2-10H,11H2,1H3,(H,24,25)(H,21,22,23)/b17-10-. The minimum Gasteiger partial charge on any atom is -0.488 e. The second-order valence-corrected chi connectivity index (χ2v) is 6.55. The van der Waals surface area contributed by atoms with E-state index in [1.54, 1.807) is 49.4 Å². The van der Waals surface area contributed by atoms with Crippen molar-refractivity contribution in [3.05, 3.63) is 76.2 Å². The van der Waals surface area contributed by atoms with Gasteiger partial charge < -0.3 is 9.84 Å². The van der Waals surface area contributed by atoms with E-state index in [0.717, 1.165) is 11.8 Å². The number of carbonyl (C=O) groups is 1. The third-order valence-corrected chi connectivity index (χ3v) is 4.41. The molecule has 1 heterocycles. The summed E-state index contributed by atoms with van der Waals surface area (Å²) in [5, 5.41) is 16.4. The zero-order valence-electron chi connectivity index (χ0n) is 14.3. The van der Waals surface area contributed by atoms with Gasteiger partial charge in [0.25, 0.3) is 0 Å². The van der Waals surface area contributed by atoms with E-state index in [9.17, 15) is 14.3 Å². The SMILES string of the molecule is Cc1nc(S/C(=C\c2ccccc2OCc2ccccc2F)C(=O)O)n[nH]1. The van der Waals surface area contributed by atoms with Crippen LogP contribution < -0.4 is 4.74 Å². The van der Waals surface area contributed by atoms with E-state index >= 15 is 0 Å². The number of hydrogen-bond acceptors (Lipinski definition) is 5. The molecule has 0 fully saturated rings. The van der Waals surface area contributed by atoms with Crippen LogP contribution in [0.3, 0.4) is 0 Å². The van der Waals surface area contributed by atoms with Gasteiger partial charge in [0.05, 0.1) is 0 Å². The Morgan fingerprint density at radius 3 is 2.70 bits per heavy atom. The number of aromatic nitrogens is 3. The molecule has 0 atom stereocenters. The molecule has 3 aromatic rings. The van der Waals surface area contributed by atoms with Gasteiger partial charge in [-0.25, -0.2) is 14.2 Å². The summed E-state index contributed by atoms with van der Waals surface area (Å²) in [7, 11) is 0. The van der Waals surface area contributed by atoms with Crippen molar-refractivity contribution in [3.8, 4) is 5.75 Å². The lowest BCUT2D eigenvalue weighted by molar-refractivity contribution is -0.131. The highest BCUT2D eigenvalue weighted by molar-refractivity contribution is 8.04. The highest BCUT2D eigenvalue weighted by atomic mass is 32.2. The Morgan fingerprint density at radius 1 is 1.26 bits per heavy atom. The van der Waals surface area contributed by atoms with E-state index in [1.165, 1.54) is 12.1 Å². The molecule has 0 spiro atoms. The van der Waals surface area contributed by atoms with Gasteiger partial charge in [0.1, 0.15) is 28.9 Å². The van der Waals surface area contributed by atoms with Crippen LogP contribution in [0.4, 0.5) is 4.39 Å². The molecule has 1 aromatic heterocycles. The number of halogens is 1. The largest absolute Gasteiger partial charge is 0.488 e. The summed E-state index contributed by atoms with van der Waals surface area (Å²) in [6.45, 7) is 1.76. The third kappa shape index (κ3) is 4.95. The number of para-hydroxylation sites is 1. The number of rotatable bonds is 7. The van der Waals surface area contributed by atoms with Crippen molar-refractivity contribution in [3.63, 3.8) is 0 Å². The fourth-order valence-electron chi connectivity index (χ4n) is 2.24. The fourth-order valence-corrected chi connectivity index (χ4v) is 2.99. The van der Waals surface area contributed by atoms with Crippen molar-refractivity contribution in [2.75, 3.05) is 0 Å². The molecule has 2 N–H and O–H groups in total. The summed E-state index contributed by atoms with van der Waals surface area (Å²) in [4.78, 5) is 15.7. The highest BCUT2D eigenvalue weighted by Crippen LogP contribution is 2.29. The average Bonchev–Trinajstić information content (AvgIpc) is 3.06. The van der Waals surface area contributed by atoms with Crippen LogP contribution in [0, 0.1) is 12.7 Å². The van der Waals surface area contributed by atoms with Gasteiger partial charge in [-0.15, -0.1) is 5.10 Å². The van der Waals surface area contributed by atoms with Crippen LogP contribution in [0.5, 0.6) is 5.75 Å². The van der Waals surface area contributed by atoms with E-state index in [1.807, 2.05) is 0 Å². The number of benzene rings is 2.